The van der Waals surface area contributed by atoms with Crippen molar-refractivity contribution in [1.29, 1.82) is 0 Å². The number of aliphatic hydroxyl groups is 1. The maximum absolute atomic E-state index is 13.3. The van der Waals surface area contributed by atoms with Gasteiger partial charge in [0.25, 0.3) is 0 Å². The van der Waals surface area contributed by atoms with Crippen molar-refractivity contribution < 1.29 is 24.5 Å². The Morgan fingerprint density at radius 3 is 2.16 bits per heavy atom. The molecule has 2 N–H and O–H groups in total. The van der Waals surface area contributed by atoms with Gasteiger partial charge < -0.3 is 14.9 Å². The quantitative estimate of drug-likeness (QED) is 0.656. The van der Waals surface area contributed by atoms with Gasteiger partial charge in [0.15, 0.2) is 0 Å². The van der Waals surface area contributed by atoms with Crippen LogP contribution < -0.4 is 0 Å². The summed E-state index contributed by atoms with van der Waals surface area (Å²) in [5, 5.41) is 21.1. The van der Waals surface area contributed by atoms with Crippen molar-refractivity contribution in [2.75, 3.05) is 0 Å². The summed E-state index contributed by atoms with van der Waals surface area (Å²) in [6.07, 6.45) is -0.211. The molecule has 2 aromatic rings. The topological polar surface area (TPSA) is 87.1 Å². The molecule has 6 heteroatoms. The van der Waals surface area contributed by atoms with Crippen molar-refractivity contribution in [2.45, 2.75) is 63.9 Å². The van der Waals surface area contributed by atoms with Crippen LogP contribution in [0.1, 0.15) is 50.8 Å². The summed E-state index contributed by atoms with van der Waals surface area (Å²) in [7, 11) is 0. The Morgan fingerprint density at radius 1 is 1.03 bits per heavy atom. The summed E-state index contributed by atoms with van der Waals surface area (Å²) in [5.74, 6) is -2.34. The molecule has 6 nitrogen and oxygen atoms in total. The van der Waals surface area contributed by atoms with E-state index >= 15 is 0 Å². The largest absolute Gasteiger partial charge is 0.480 e. The Kier molecular flexibility index (Phi) is 7.13. The predicted octanol–water partition coefficient (Wildman–Crippen LogP) is 3.80. The molecule has 0 aliphatic carbocycles. The average molecular weight is 426 g/mol. The van der Waals surface area contributed by atoms with Crippen LogP contribution in [0.2, 0.25) is 0 Å². The van der Waals surface area contributed by atoms with E-state index in [-0.39, 0.29) is 0 Å². The van der Waals surface area contributed by atoms with Crippen LogP contribution in [-0.4, -0.2) is 44.7 Å². The Hall–Kier alpha value is -2.70. The zero-order chi connectivity index (χ0) is 22.6. The number of nitrogens with zero attached hydrogens (tertiary/aromatic N) is 1. The molecule has 1 aliphatic heterocycles. The van der Waals surface area contributed by atoms with Gasteiger partial charge in [-0.05, 0) is 44.7 Å². The second kappa shape index (κ2) is 9.62. The van der Waals surface area contributed by atoms with Gasteiger partial charge in [-0.3, -0.25) is 14.5 Å². The predicted molar refractivity (Wildman–Crippen MR) is 117 cm³/mol. The molecular weight excluding hydrogens is 394 g/mol. The first-order valence-corrected chi connectivity index (χ1v) is 10.7. The molecule has 0 bridgehead atoms. The molecule has 1 aliphatic rings. The third-order valence-electron chi connectivity index (χ3n) is 5.63. The van der Waals surface area contributed by atoms with Crippen molar-refractivity contribution in [2.24, 2.45) is 5.92 Å². The van der Waals surface area contributed by atoms with Crippen LogP contribution in [0.5, 0.6) is 0 Å². The lowest BCUT2D eigenvalue weighted by molar-refractivity contribution is -0.169. The molecule has 3 rings (SSSR count). The van der Waals surface area contributed by atoms with Crippen LogP contribution in [0, 0.1) is 5.92 Å². The third-order valence-corrected chi connectivity index (χ3v) is 5.63. The number of rotatable bonds is 7. The van der Waals surface area contributed by atoms with Crippen LogP contribution >= 0.6 is 0 Å². The normalized spacial score (nSPS) is 21.4. The first-order valence-electron chi connectivity index (χ1n) is 10.7. The minimum atomic E-state index is -1.10. The number of carboxylic acid groups (broad SMARTS) is 1. The van der Waals surface area contributed by atoms with Gasteiger partial charge in [0.2, 0.25) is 0 Å². The first-order chi connectivity index (χ1) is 14.7. The van der Waals surface area contributed by atoms with Gasteiger partial charge in [0.1, 0.15) is 17.6 Å². The second-order valence-electron chi connectivity index (χ2n) is 9.07. The highest BCUT2D eigenvalue weighted by molar-refractivity contribution is 5.77. The van der Waals surface area contributed by atoms with Crippen LogP contribution in [0.25, 0.3) is 0 Å². The SMILES string of the molecule is CC(C)(C)OC(=O)[C@H](C(O)c1ccccc1)[C@H]1CC[C@@H](C(=O)O)N1Cc1ccccc1. The van der Waals surface area contributed by atoms with Gasteiger partial charge in [-0.1, -0.05) is 60.7 Å². The third kappa shape index (κ3) is 5.71. The number of benzene rings is 2. The molecule has 2 aromatic carbocycles. The molecule has 1 saturated heterocycles. The summed E-state index contributed by atoms with van der Waals surface area (Å²) in [5.41, 5.74) is 0.843. The highest BCUT2D eigenvalue weighted by Gasteiger charge is 2.48. The molecule has 4 atom stereocenters. The zero-order valence-electron chi connectivity index (χ0n) is 18.3. The summed E-state index contributed by atoms with van der Waals surface area (Å²) >= 11 is 0. The first kappa shape index (κ1) is 23.0. The van der Waals surface area contributed by atoms with E-state index in [0.29, 0.717) is 24.9 Å². The number of carbonyl (C=O) groups is 2. The molecule has 0 spiro atoms. The number of hydrogen-bond donors (Lipinski definition) is 2. The van der Waals surface area contributed by atoms with Crippen LogP contribution in [0.15, 0.2) is 60.7 Å². The molecule has 1 fully saturated rings. The summed E-state index contributed by atoms with van der Waals surface area (Å²) in [6.45, 7) is 5.73. The zero-order valence-corrected chi connectivity index (χ0v) is 18.3. The Morgan fingerprint density at radius 2 is 1.61 bits per heavy atom. The number of aliphatic hydroxyl groups excluding tert-OH is 1. The highest BCUT2D eigenvalue weighted by Crippen LogP contribution is 2.38. The number of ether oxygens (including phenoxy) is 1. The van der Waals surface area contributed by atoms with E-state index in [9.17, 15) is 19.8 Å². The summed E-state index contributed by atoms with van der Waals surface area (Å²) in [6, 6.07) is 17.4. The van der Waals surface area contributed by atoms with Crippen molar-refractivity contribution in [1.82, 2.24) is 4.90 Å². The van der Waals surface area contributed by atoms with Crippen molar-refractivity contribution in [3.8, 4) is 0 Å². The molecule has 0 amide bonds. The standard InChI is InChI=1S/C25H31NO5/c1-25(2,3)31-24(30)21(22(27)18-12-8-5-9-13-18)19-14-15-20(23(28)29)26(19)16-17-10-6-4-7-11-17/h4-13,19-22,27H,14-16H2,1-3H3,(H,28,29)/t19-,20+,21+,22?/m1/s1. The minimum absolute atomic E-state index is 0.378. The van der Waals surface area contributed by atoms with Gasteiger partial charge in [-0.2, -0.15) is 0 Å². The van der Waals surface area contributed by atoms with Crippen LogP contribution in [0.3, 0.4) is 0 Å². The van der Waals surface area contributed by atoms with Gasteiger partial charge in [-0.15, -0.1) is 0 Å². The Bertz CT molecular complexity index is 878. The maximum Gasteiger partial charge on any atom is 0.320 e. The van der Waals surface area contributed by atoms with Crippen LogP contribution in [0.4, 0.5) is 0 Å². The van der Waals surface area contributed by atoms with Gasteiger partial charge in [0.05, 0.1) is 6.10 Å². The molecule has 31 heavy (non-hydrogen) atoms. The molecule has 0 radical (unpaired) electrons. The Labute approximate surface area is 183 Å². The Balaban J connectivity index is 1.98. The van der Waals surface area contributed by atoms with Gasteiger partial charge in [-0.25, -0.2) is 0 Å². The fraction of sp³-hybridized carbons (Fsp3) is 0.440. The van der Waals surface area contributed by atoms with E-state index < -0.39 is 41.6 Å². The number of carboxylic acids is 1. The molecule has 0 aromatic heterocycles. The van der Waals surface area contributed by atoms with E-state index in [1.807, 2.05) is 41.3 Å². The van der Waals surface area contributed by atoms with E-state index in [1.54, 1.807) is 45.0 Å². The number of aliphatic carboxylic acids is 1. The van der Waals surface area contributed by atoms with E-state index in [1.165, 1.54) is 0 Å². The summed E-state index contributed by atoms with van der Waals surface area (Å²) < 4.78 is 5.68. The lowest BCUT2D eigenvalue weighted by Crippen LogP contribution is -2.48. The maximum atomic E-state index is 13.3. The van der Waals surface area contributed by atoms with Crippen molar-refractivity contribution >= 4 is 11.9 Å². The molecule has 166 valence electrons. The average Bonchev–Trinajstić information content (AvgIpc) is 3.11. The molecule has 1 unspecified atom stereocenters. The smallest absolute Gasteiger partial charge is 0.320 e. The number of carbonyl (C=O) groups excluding carboxylic acids is 1. The fourth-order valence-corrected chi connectivity index (χ4v) is 4.29. The van der Waals surface area contributed by atoms with Crippen LogP contribution in [-0.2, 0) is 20.9 Å². The van der Waals surface area contributed by atoms with Gasteiger partial charge in [0, 0.05) is 12.6 Å². The van der Waals surface area contributed by atoms with Crippen molar-refractivity contribution in [3.05, 3.63) is 71.8 Å². The monoisotopic (exact) mass is 425 g/mol. The molecule has 1 heterocycles. The van der Waals surface area contributed by atoms with E-state index in [2.05, 4.69) is 0 Å². The highest BCUT2D eigenvalue weighted by atomic mass is 16.6. The summed E-state index contributed by atoms with van der Waals surface area (Å²) in [4.78, 5) is 27.1. The lowest BCUT2D eigenvalue weighted by Gasteiger charge is -2.36. The fourth-order valence-electron chi connectivity index (χ4n) is 4.29. The minimum Gasteiger partial charge on any atom is -0.480 e. The van der Waals surface area contributed by atoms with Gasteiger partial charge >= 0.3 is 11.9 Å². The van der Waals surface area contributed by atoms with E-state index in [4.69, 9.17) is 4.74 Å². The van der Waals surface area contributed by atoms with E-state index in [0.717, 1.165) is 5.56 Å². The number of hydrogen-bond acceptors (Lipinski definition) is 5. The lowest BCUT2D eigenvalue weighted by atomic mass is 9.87. The van der Waals surface area contributed by atoms with Crippen molar-refractivity contribution in [3.63, 3.8) is 0 Å². The second-order valence-corrected chi connectivity index (χ2v) is 9.07. The molecule has 0 saturated carbocycles. The number of esters is 1. The molecular formula is C25H31NO5. The number of likely N-dealkylation sites (tertiary alicyclic amines) is 1.